The highest BCUT2D eigenvalue weighted by atomic mass is 15.4. The maximum absolute atomic E-state index is 4.64. The van der Waals surface area contributed by atoms with E-state index in [0.29, 0.717) is 5.95 Å². The summed E-state index contributed by atoms with van der Waals surface area (Å²) in [6.45, 7) is 4.81. The summed E-state index contributed by atoms with van der Waals surface area (Å²) in [7, 11) is 0. The van der Waals surface area contributed by atoms with Crippen LogP contribution in [0.15, 0.2) is 59.7 Å². The number of H-pyrrole nitrogens is 1. The van der Waals surface area contributed by atoms with Crippen LogP contribution in [0, 0.1) is 13.8 Å². The van der Waals surface area contributed by atoms with Crippen molar-refractivity contribution in [3.8, 4) is 0 Å². The van der Waals surface area contributed by atoms with Gasteiger partial charge >= 0.3 is 0 Å². The molecule has 0 saturated heterocycles. The fourth-order valence-electron chi connectivity index (χ4n) is 2.97. The molecular formula is C20H20N6. The zero-order chi connectivity index (χ0) is 17.9. The van der Waals surface area contributed by atoms with Gasteiger partial charge in [0.25, 0.3) is 0 Å². The average molecular weight is 344 g/mol. The molecule has 0 fully saturated rings. The number of fused-ring (bicyclic) bond motifs is 1. The van der Waals surface area contributed by atoms with E-state index in [1.165, 1.54) is 5.56 Å². The lowest BCUT2D eigenvalue weighted by atomic mass is 10.2. The van der Waals surface area contributed by atoms with Crippen molar-refractivity contribution in [1.82, 2.24) is 19.7 Å². The molecule has 2 heterocycles. The SMILES string of the molecule is Cc1nn(Cc2ccccc2)c(C)c1/C=N\Nc1nc2ccccc2[nH]1. The number of para-hydroxylation sites is 2. The van der Waals surface area contributed by atoms with Crippen molar-refractivity contribution >= 4 is 23.2 Å². The lowest BCUT2D eigenvalue weighted by Crippen LogP contribution is -2.04. The molecule has 4 aromatic rings. The molecule has 26 heavy (non-hydrogen) atoms. The Balaban J connectivity index is 1.51. The normalized spacial score (nSPS) is 11.5. The first-order chi connectivity index (χ1) is 12.7. The Kier molecular flexibility index (Phi) is 4.23. The Labute approximate surface area is 151 Å². The monoisotopic (exact) mass is 344 g/mol. The minimum absolute atomic E-state index is 0.620. The molecule has 0 aliphatic heterocycles. The summed E-state index contributed by atoms with van der Waals surface area (Å²) in [6, 6.07) is 18.2. The third-order valence-corrected chi connectivity index (χ3v) is 4.37. The van der Waals surface area contributed by atoms with E-state index in [9.17, 15) is 0 Å². The van der Waals surface area contributed by atoms with Crippen LogP contribution in [-0.2, 0) is 6.54 Å². The van der Waals surface area contributed by atoms with E-state index in [1.807, 2.05) is 54.1 Å². The molecule has 0 spiro atoms. The molecule has 130 valence electrons. The van der Waals surface area contributed by atoms with Crippen LogP contribution >= 0.6 is 0 Å². The average Bonchev–Trinajstić information content (AvgIpc) is 3.18. The van der Waals surface area contributed by atoms with Crippen LogP contribution in [0.3, 0.4) is 0 Å². The zero-order valence-corrected chi connectivity index (χ0v) is 14.8. The van der Waals surface area contributed by atoms with Gasteiger partial charge in [-0.25, -0.2) is 10.4 Å². The minimum Gasteiger partial charge on any atom is -0.323 e. The van der Waals surface area contributed by atoms with Gasteiger partial charge in [0.05, 0.1) is 29.5 Å². The Bertz CT molecular complexity index is 1030. The van der Waals surface area contributed by atoms with Crippen LogP contribution in [0.25, 0.3) is 11.0 Å². The quantitative estimate of drug-likeness (QED) is 0.426. The van der Waals surface area contributed by atoms with Crippen molar-refractivity contribution < 1.29 is 0 Å². The van der Waals surface area contributed by atoms with Gasteiger partial charge in [-0.2, -0.15) is 10.2 Å². The second-order valence-corrected chi connectivity index (χ2v) is 6.20. The number of nitrogens with one attached hydrogen (secondary N) is 2. The highest BCUT2D eigenvalue weighted by molar-refractivity contribution is 5.83. The summed E-state index contributed by atoms with van der Waals surface area (Å²) < 4.78 is 2.01. The molecule has 2 aromatic heterocycles. The molecule has 0 aliphatic rings. The van der Waals surface area contributed by atoms with E-state index >= 15 is 0 Å². The van der Waals surface area contributed by atoms with Gasteiger partial charge in [-0.1, -0.05) is 42.5 Å². The first kappa shape index (κ1) is 16.1. The lowest BCUT2D eigenvalue weighted by Gasteiger charge is -2.04. The summed E-state index contributed by atoms with van der Waals surface area (Å²) in [5.41, 5.74) is 9.13. The van der Waals surface area contributed by atoms with Gasteiger partial charge < -0.3 is 4.98 Å². The van der Waals surface area contributed by atoms with Crippen LogP contribution in [0.1, 0.15) is 22.5 Å². The molecule has 0 amide bonds. The molecule has 0 unspecified atom stereocenters. The topological polar surface area (TPSA) is 70.9 Å². The molecule has 0 aliphatic carbocycles. The van der Waals surface area contributed by atoms with E-state index in [4.69, 9.17) is 0 Å². The fourth-order valence-corrected chi connectivity index (χ4v) is 2.97. The maximum atomic E-state index is 4.64. The highest BCUT2D eigenvalue weighted by Gasteiger charge is 2.10. The molecule has 6 nitrogen and oxygen atoms in total. The molecular weight excluding hydrogens is 324 g/mol. The lowest BCUT2D eigenvalue weighted by molar-refractivity contribution is 0.659. The number of anilines is 1. The molecule has 2 aromatic carbocycles. The van der Waals surface area contributed by atoms with Gasteiger partial charge in [0.2, 0.25) is 5.95 Å². The Morgan fingerprint density at radius 2 is 1.85 bits per heavy atom. The second-order valence-electron chi connectivity index (χ2n) is 6.20. The first-order valence-electron chi connectivity index (χ1n) is 8.52. The number of hydrazone groups is 1. The number of benzene rings is 2. The highest BCUT2D eigenvalue weighted by Crippen LogP contribution is 2.15. The number of imidazole rings is 1. The molecule has 0 atom stereocenters. The maximum Gasteiger partial charge on any atom is 0.222 e. The van der Waals surface area contributed by atoms with E-state index in [2.05, 4.69) is 44.7 Å². The first-order valence-corrected chi connectivity index (χ1v) is 8.52. The smallest absolute Gasteiger partial charge is 0.222 e. The van der Waals surface area contributed by atoms with Crippen LogP contribution in [0.2, 0.25) is 0 Å². The minimum atomic E-state index is 0.620. The summed E-state index contributed by atoms with van der Waals surface area (Å²) in [6.07, 6.45) is 1.80. The zero-order valence-electron chi connectivity index (χ0n) is 14.8. The van der Waals surface area contributed by atoms with Crippen LogP contribution < -0.4 is 5.43 Å². The predicted octanol–water partition coefficient (Wildman–Crippen LogP) is 3.87. The Morgan fingerprint density at radius 3 is 2.65 bits per heavy atom. The van der Waals surface area contributed by atoms with Crippen LogP contribution in [0.4, 0.5) is 5.95 Å². The number of nitrogens with zero attached hydrogens (tertiary/aromatic N) is 4. The van der Waals surface area contributed by atoms with E-state index in [1.54, 1.807) is 6.21 Å². The standard InChI is InChI=1S/C20H20N6/c1-14-17(15(2)26(25-14)13-16-8-4-3-5-9-16)12-21-24-20-22-18-10-6-7-11-19(18)23-20/h3-12H,13H2,1-2H3,(H2,22,23,24)/b21-12-. The molecule has 0 bridgehead atoms. The fraction of sp³-hybridized carbons (Fsp3) is 0.150. The van der Waals surface area contributed by atoms with E-state index in [-0.39, 0.29) is 0 Å². The van der Waals surface area contributed by atoms with Gasteiger partial charge in [0.15, 0.2) is 0 Å². The second kappa shape index (κ2) is 6.84. The molecule has 2 N–H and O–H groups in total. The number of rotatable bonds is 5. The third kappa shape index (κ3) is 3.21. The van der Waals surface area contributed by atoms with Gasteiger partial charge in [-0.3, -0.25) is 4.68 Å². The van der Waals surface area contributed by atoms with E-state index < -0.39 is 0 Å². The third-order valence-electron chi connectivity index (χ3n) is 4.37. The summed E-state index contributed by atoms with van der Waals surface area (Å²) in [5.74, 6) is 0.620. The summed E-state index contributed by atoms with van der Waals surface area (Å²) >= 11 is 0. The number of aromatic nitrogens is 4. The van der Waals surface area contributed by atoms with Crippen molar-refractivity contribution in [2.45, 2.75) is 20.4 Å². The van der Waals surface area contributed by atoms with Crippen LogP contribution in [0.5, 0.6) is 0 Å². The van der Waals surface area contributed by atoms with Crippen LogP contribution in [-0.4, -0.2) is 26.0 Å². The van der Waals surface area contributed by atoms with Gasteiger partial charge in [-0.15, -0.1) is 0 Å². The van der Waals surface area contributed by atoms with Crippen molar-refractivity contribution in [3.63, 3.8) is 0 Å². The largest absolute Gasteiger partial charge is 0.323 e. The number of aromatic amines is 1. The Hall–Kier alpha value is -3.41. The van der Waals surface area contributed by atoms with Crippen molar-refractivity contribution in [2.24, 2.45) is 5.10 Å². The predicted molar refractivity (Wildman–Crippen MR) is 105 cm³/mol. The Morgan fingerprint density at radius 1 is 1.08 bits per heavy atom. The molecule has 0 radical (unpaired) electrons. The molecule has 6 heteroatoms. The van der Waals surface area contributed by atoms with Crippen molar-refractivity contribution in [3.05, 3.63) is 77.1 Å². The number of hydrogen-bond acceptors (Lipinski definition) is 4. The molecule has 0 saturated carbocycles. The summed E-state index contributed by atoms with van der Waals surface area (Å²) in [5, 5.41) is 8.97. The van der Waals surface area contributed by atoms with Gasteiger partial charge in [0.1, 0.15) is 0 Å². The van der Waals surface area contributed by atoms with Crippen molar-refractivity contribution in [1.29, 1.82) is 0 Å². The van der Waals surface area contributed by atoms with Gasteiger partial charge in [0, 0.05) is 11.3 Å². The number of aryl methyl sites for hydroxylation is 1. The van der Waals surface area contributed by atoms with Crippen molar-refractivity contribution in [2.75, 3.05) is 5.43 Å². The molecule has 4 rings (SSSR count). The van der Waals surface area contributed by atoms with E-state index in [0.717, 1.165) is 34.5 Å². The van der Waals surface area contributed by atoms with Gasteiger partial charge in [-0.05, 0) is 31.5 Å². The number of hydrogen-bond donors (Lipinski definition) is 2. The summed E-state index contributed by atoms with van der Waals surface area (Å²) in [4.78, 5) is 7.64.